The number of hydrogen-bond donors (Lipinski definition) is 1. The summed E-state index contributed by atoms with van der Waals surface area (Å²) in [6.45, 7) is 0.878. The maximum absolute atomic E-state index is 11.8. The smallest absolute Gasteiger partial charge is 0.238 e. The summed E-state index contributed by atoms with van der Waals surface area (Å²) >= 11 is 5.85. The third-order valence-corrected chi connectivity index (χ3v) is 2.76. The summed E-state index contributed by atoms with van der Waals surface area (Å²) in [5.41, 5.74) is 0.698. The number of rotatable bonds is 5. The number of carbonyl (C=O) groups is 1. The number of nitrogens with one attached hydrogen (secondary N) is 1. The molecule has 19 heavy (non-hydrogen) atoms. The van der Waals surface area contributed by atoms with Crippen LogP contribution in [0.1, 0.15) is 5.76 Å². The van der Waals surface area contributed by atoms with Gasteiger partial charge in [0.25, 0.3) is 0 Å². The third-order valence-electron chi connectivity index (χ3n) is 2.53. The monoisotopic (exact) mass is 278 g/mol. The topological polar surface area (TPSA) is 45.5 Å². The van der Waals surface area contributed by atoms with E-state index >= 15 is 0 Å². The molecule has 0 spiro atoms. The van der Waals surface area contributed by atoms with Crippen LogP contribution in [0.2, 0.25) is 5.02 Å². The van der Waals surface area contributed by atoms with Crippen molar-refractivity contribution in [3.05, 3.63) is 53.4 Å². The molecule has 1 heterocycles. The number of amides is 1. The van der Waals surface area contributed by atoms with Gasteiger partial charge in [-0.25, -0.2) is 0 Å². The molecule has 0 atom stereocenters. The van der Waals surface area contributed by atoms with Gasteiger partial charge in [0.15, 0.2) is 0 Å². The normalized spacial score (nSPS) is 10.7. The zero-order valence-corrected chi connectivity index (χ0v) is 11.4. The van der Waals surface area contributed by atoms with Crippen molar-refractivity contribution in [3.8, 4) is 0 Å². The van der Waals surface area contributed by atoms with E-state index in [1.165, 1.54) is 0 Å². The summed E-state index contributed by atoms with van der Waals surface area (Å²) in [6, 6.07) is 10.8. The van der Waals surface area contributed by atoms with Gasteiger partial charge >= 0.3 is 0 Å². The summed E-state index contributed by atoms with van der Waals surface area (Å²) in [5.74, 6) is 0.745. The molecule has 0 radical (unpaired) electrons. The van der Waals surface area contributed by atoms with Crippen LogP contribution < -0.4 is 5.32 Å². The summed E-state index contributed by atoms with van der Waals surface area (Å²) in [5, 5.41) is 3.40. The van der Waals surface area contributed by atoms with Gasteiger partial charge < -0.3 is 9.73 Å². The number of halogens is 1. The highest BCUT2D eigenvalue weighted by atomic mass is 35.5. The molecule has 100 valence electrons. The van der Waals surface area contributed by atoms with Gasteiger partial charge in [-0.3, -0.25) is 9.69 Å². The van der Waals surface area contributed by atoms with Crippen molar-refractivity contribution >= 4 is 23.2 Å². The second-order valence-corrected chi connectivity index (χ2v) is 4.75. The lowest BCUT2D eigenvalue weighted by Gasteiger charge is -2.14. The Bertz CT molecular complexity index is 540. The van der Waals surface area contributed by atoms with Crippen LogP contribution in [0.4, 0.5) is 5.69 Å². The van der Waals surface area contributed by atoms with Crippen LogP contribution in [0.25, 0.3) is 0 Å². The fraction of sp³-hybridized carbons (Fsp3) is 0.214. The van der Waals surface area contributed by atoms with Gasteiger partial charge in [-0.1, -0.05) is 17.7 Å². The van der Waals surface area contributed by atoms with Crippen molar-refractivity contribution in [1.82, 2.24) is 4.90 Å². The molecule has 2 aromatic rings. The predicted molar refractivity (Wildman–Crippen MR) is 75.1 cm³/mol. The molecule has 0 saturated carbocycles. The van der Waals surface area contributed by atoms with Gasteiger partial charge in [-0.2, -0.15) is 0 Å². The predicted octanol–water partition coefficient (Wildman–Crippen LogP) is 3.00. The largest absolute Gasteiger partial charge is 0.468 e. The molecule has 0 fully saturated rings. The van der Waals surface area contributed by atoms with E-state index in [-0.39, 0.29) is 12.5 Å². The number of carbonyl (C=O) groups excluding carboxylic acids is 1. The Balaban J connectivity index is 1.84. The van der Waals surface area contributed by atoms with Crippen molar-refractivity contribution < 1.29 is 9.21 Å². The van der Waals surface area contributed by atoms with E-state index in [9.17, 15) is 4.79 Å². The zero-order chi connectivity index (χ0) is 13.7. The molecule has 0 saturated heterocycles. The maximum atomic E-state index is 11.8. The quantitative estimate of drug-likeness (QED) is 0.914. The Kier molecular flexibility index (Phi) is 4.60. The molecule has 2 rings (SSSR count). The lowest BCUT2D eigenvalue weighted by atomic mass is 10.3. The highest BCUT2D eigenvalue weighted by Gasteiger charge is 2.08. The Labute approximate surface area is 117 Å². The minimum Gasteiger partial charge on any atom is -0.468 e. The molecular formula is C14H15ClN2O2. The molecule has 0 unspecified atom stereocenters. The van der Waals surface area contributed by atoms with E-state index in [0.717, 1.165) is 5.76 Å². The van der Waals surface area contributed by atoms with E-state index in [4.69, 9.17) is 16.0 Å². The Morgan fingerprint density at radius 1 is 1.37 bits per heavy atom. The van der Waals surface area contributed by atoms with E-state index in [0.29, 0.717) is 17.3 Å². The lowest BCUT2D eigenvalue weighted by molar-refractivity contribution is -0.117. The van der Waals surface area contributed by atoms with Crippen LogP contribution in [0.3, 0.4) is 0 Å². The van der Waals surface area contributed by atoms with E-state index < -0.39 is 0 Å². The first-order valence-corrected chi connectivity index (χ1v) is 6.27. The number of likely N-dealkylation sites (N-methyl/N-ethyl adjacent to an activating group) is 1. The summed E-state index contributed by atoms with van der Waals surface area (Å²) in [4.78, 5) is 13.7. The zero-order valence-electron chi connectivity index (χ0n) is 10.6. The van der Waals surface area contributed by atoms with Crippen molar-refractivity contribution in [2.45, 2.75) is 6.54 Å². The number of nitrogens with zero attached hydrogens (tertiary/aromatic N) is 1. The molecule has 1 aromatic carbocycles. The number of hydrogen-bond acceptors (Lipinski definition) is 3. The SMILES string of the molecule is CN(CC(=O)Nc1cccc(Cl)c1)Cc1ccco1. The third kappa shape index (κ3) is 4.43. The van der Waals surface area contributed by atoms with Crippen LogP contribution in [0, 0.1) is 0 Å². The number of anilines is 1. The number of furan rings is 1. The highest BCUT2D eigenvalue weighted by molar-refractivity contribution is 6.30. The van der Waals surface area contributed by atoms with Gasteiger partial charge in [0, 0.05) is 10.7 Å². The average Bonchev–Trinajstić information content (AvgIpc) is 2.81. The molecule has 0 aliphatic rings. The molecule has 0 bridgehead atoms. The van der Waals surface area contributed by atoms with Crippen molar-refractivity contribution in [1.29, 1.82) is 0 Å². The summed E-state index contributed by atoms with van der Waals surface area (Å²) < 4.78 is 5.23. The molecule has 1 aromatic heterocycles. The van der Waals surface area contributed by atoms with E-state index in [1.807, 2.05) is 24.1 Å². The van der Waals surface area contributed by atoms with Gasteiger partial charge in [-0.05, 0) is 37.4 Å². The van der Waals surface area contributed by atoms with Crippen LogP contribution in [0.15, 0.2) is 47.1 Å². The van der Waals surface area contributed by atoms with Crippen molar-refractivity contribution in [2.75, 3.05) is 18.9 Å². The second-order valence-electron chi connectivity index (χ2n) is 4.31. The molecule has 5 heteroatoms. The van der Waals surface area contributed by atoms with Gasteiger partial charge in [0.1, 0.15) is 5.76 Å². The minimum atomic E-state index is -0.0867. The molecule has 1 N–H and O–H groups in total. The van der Waals surface area contributed by atoms with E-state index in [2.05, 4.69) is 5.32 Å². The molecule has 0 aliphatic heterocycles. The summed E-state index contributed by atoms with van der Waals surface area (Å²) in [7, 11) is 1.86. The average molecular weight is 279 g/mol. The first-order chi connectivity index (χ1) is 9.13. The van der Waals surface area contributed by atoms with Crippen LogP contribution in [-0.2, 0) is 11.3 Å². The first-order valence-electron chi connectivity index (χ1n) is 5.90. The van der Waals surface area contributed by atoms with Gasteiger partial charge in [-0.15, -0.1) is 0 Å². The standard InChI is InChI=1S/C14H15ClN2O2/c1-17(9-13-6-3-7-19-13)10-14(18)16-12-5-2-4-11(15)8-12/h2-8H,9-10H2,1H3,(H,16,18). The fourth-order valence-electron chi connectivity index (χ4n) is 1.74. The molecule has 0 aliphatic carbocycles. The number of benzene rings is 1. The van der Waals surface area contributed by atoms with Gasteiger partial charge in [0.2, 0.25) is 5.91 Å². The van der Waals surface area contributed by atoms with Crippen LogP contribution in [0.5, 0.6) is 0 Å². The Morgan fingerprint density at radius 3 is 2.89 bits per heavy atom. The summed E-state index contributed by atoms with van der Waals surface area (Å²) in [6.07, 6.45) is 1.62. The Hall–Kier alpha value is -1.78. The minimum absolute atomic E-state index is 0.0867. The maximum Gasteiger partial charge on any atom is 0.238 e. The first kappa shape index (κ1) is 13.6. The highest BCUT2D eigenvalue weighted by Crippen LogP contribution is 2.14. The van der Waals surface area contributed by atoms with Crippen LogP contribution in [-0.4, -0.2) is 24.4 Å². The second kappa shape index (κ2) is 6.41. The van der Waals surface area contributed by atoms with E-state index in [1.54, 1.807) is 30.5 Å². The van der Waals surface area contributed by atoms with Crippen LogP contribution >= 0.6 is 11.6 Å². The lowest BCUT2D eigenvalue weighted by Crippen LogP contribution is -2.29. The Morgan fingerprint density at radius 2 is 2.21 bits per heavy atom. The molecule has 1 amide bonds. The van der Waals surface area contributed by atoms with Gasteiger partial charge in [0.05, 0.1) is 19.4 Å². The fourth-order valence-corrected chi connectivity index (χ4v) is 1.93. The van der Waals surface area contributed by atoms with Crippen molar-refractivity contribution in [3.63, 3.8) is 0 Å². The molecule has 4 nitrogen and oxygen atoms in total. The molecular weight excluding hydrogens is 264 g/mol. The van der Waals surface area contributed by atoms with Crippen molar-refractivity contribution in [2.24, 2.45) is 0 Å².